The lowest BCUT2D eigenvalue weighted by Gasteiger charge is -2.15. The Balaban J connectivity index is 2.22. The van der Waals surface area contributed by atoms with Crippen molar-refractivity contribution in [1.82, 2.24) is 15.5 Å². The highest BCUT2D eigenvalue weighted by atomic mass is 19.4. The Morgan fingerprint density at radius 1 is 1.35 bits per heavy atom. The Labute approximate surface area is 113 Å². The number of H-pyrrole nitrogens is 1. The second-order valence-corrected chi connectivity index (χ2v) is 4.27. The summed E-state index contributed by atoms with van der Waals surface area (Å²) >= 11 is 0. The summed E-state index contributed by atoms with van der Waals surface area (Å²) in [4.78, 5) is 12.0. The van der Waals surface area contributed by atoms with E-state index in [1.54, 1.807) is 13.1 Å². The summed E-state index contributed by atoms with van der Waals surface area (Å²) in [5.41, 5.74) is -0.657. The van der Waals surface area contributed by atoms with Crippen LogP contribution in [0.15, 0.2) is 36.7 Å². The third-order valence-electron chi connectivity index (χ3n) is 2.84. The van der Waals surface area contributed by atoms with Crippen LogP contribution in [0.3, 0.4) is 0 Å². The zero-order valence-corrected chi connectivity index (χ0v) is 10.5. The van der Waals surface area contributed by atoms with Crippen molar-refractivity contribution in [3.63, 3.8) is 0 Å². The second kappa shape index (κ2) is 5.36. The molecule has 1 amide bonds. The molecule has 0 fully saturated rings. The van der Waals surface area contributed by atoms with Gasteiger partial charge in [0.05, 0.1) is 23.4 Å². The number of nitrogens with zero attached hydrogens (tertiary/aromatic N) is 1. The van der Waals surface area contributed by atoms with Crippen LogP contribution < -0.4 is 5.32 Å². The van der Waals surface area contributed by atoms with Gasteiger partial charge >= 0.3 is 6.18 Å². The minimum absolute atomic E-state index is 0.393. The first-order chi connectivity index (χ1) is 9.39. The number of hydrogen-bond donors (Lipinski definition) is 2. The summed E-state index contributed by atoms with van der Waals surface area (Å²) in [7, 11) is 0. The van der Waals surface area contributed by atoms with E-state index >= 15 is 0 Å². The van der Waals surface area contributed by atoms with Gasteiger partial charge in [-0.05, 0) is 19.1 Å². The highest BCUT2D eigenvalue weighted by Crippen LogP contribution is 2.32. The van der Waals surface area contributed by atoms with Gasteiger partial charge in [-0.15, -0.1) is 0 Å². The molecule has 106 valence electrons. The lowest BCUT2D eigenvalue weighted by Crippen LogP contribution is -2.28. The first kappa shape index (κ1) is 14.1. The molecule has 0 aliphatic rings. The molecule has 2 aromatic rings. The number of carbonyl (C=O) groups excluding carboxylic acids is 1. The van der Waals surface area contributed by atoms with Crippen LogP contribution in [0.5, 0.6) is 0 Å². The molecular weight excluding hydrogens is 271 g/mol. The first-order valence-electron chi connectivity index (χ1n) is 5.85. The molecule has 0 spiro atoms. The van der Waals surface area contributed by atoms with Gasteiger partial charge in [0, 0.05) is 11.8 Å². The van der Waals surface area contributed by atoms with Gasteiger partial charge in [0.2, 0.25) is 0 Å². The van der Waals surface area contributed by atoms with E-state index < -0.39 is 29.3 Å². The molecule has 1 aromatic carbocycles. The van der Waals surface area contributed by atoms with Gasteiger partial charge in [-0.1, -0.05) is 12.1 Å². The van der Waals surface area contributed by atoms with Crippen molar-refractivity contribution in [3.8, 4) is 0 Å². The third-order valence-corrected chi connectivity index (χ3v) is 2.84. The van der Waals surface area contributed by atoms with Crippen LogP contribution in [-0.2, 0) is 6.18 Å². The number of rotatable bonds is 3. The fourth-order valence-corrected chi connectivity index (χ4v) is 1.78. The largest absolute Gasteiger partial charge is 0.417 e. The van der Waals surface area contributed by atoms with Crippen LogP contribution in [0.4, 0.5) is 13.2 Å². The van der Waals surface area contributed by atoms with Crippen LogP contribution in [-0.4, -0.2) is 16.1 Å². The minimum Gasteiger partial charge on any atom is -0.345 e. The average Bonchev–Trinajstić information content (AvgIpc) is 2.91. The highest BCUT2D eigenvalue weighted by molar-refractivity contribution is 5.96. The number of carbonyl (C=O) groups is 1. The van der Waals surface area contributed by atoms with Gasteiger partial charge in [-0.2, -0.15) is 18.3 Å². The summed E-state index contributed by atoms with van der Waals surface area (Å²) < 4.78 is 38.5. The molecule has 1 unspecified atom stereocenters. The maximum absolute atomic E-state index is 12.8. The number of nitrogens with one attached hydrogen (secondary N) is 2. The summed E-state index contributed by atoms with van der Waals surface area (Å²) in [5, 5.41) is 8.81. The van der Waals surface area contributed by atoms with E-state index in [2.05, 4.69) is 15.5 Å². The van der Waals surface area contributed by atoms with Crippen molar-refractivity contribution < 1.29 is 18.0 Å². The first-order valence-corrected chi connectivity index (χ1v) is 5.85. The minimum atomic E-state index is -4.56. The van der Waals surface area contributed by atoms with Gasteiger partial charge < -0.3 is 5.32 Å². The molecule has 1 atom stereocenters. The summed E-state index contributed by atoms with van der Waals surface area (Å²) in [6.45, 7) is 1.67. The van der Waals surface area contributed by atoms with E-state index in [1.807, 2.05) is 0 Å². The van der Waals surface area contributed by atoms with Crippen molar-refractivity contribution >= 4 is 5.91 Å². The van der Waals surface area contributed by atoms with E-state index in [4.69, 9.17) is 0 Å². The van der Waals surface area contributed by atoms with Crippen molar-refractivity contribution in [2.24, 2.45) is 0 Å². The number of hydrogen-bond acceptors (Lipinski definition) is 2. The lowest BCUT2D eigenvalue weighted by molar-refractivity contribution is -0.137. The summed E-state index contributed by atoms with van der Waals surface area (Å²) in [5.74, 6) is -0.772. The Bertz CT molecular complexity index is 593. The Hall–Kier alpha value is -2.31. The standard InChI is InChI=1S/C13H12F3N3O/c1-8(9-6-17-18-7-9)19-12(20)10-4-2-3-5-11(10)13(14,15)16/h2-8H,1H3,(H,17,18)(H,19,20). The predicted octanol–water partition coefficient (Wildman–Crippen LogP) is 2.92. The number of halogens is 3. The number of amides is 1. The van der Waals surface area contributed by atoms with Gasteiger partial charge in [-0.3, -0.25) is 9.89 Å². The van der Waals surface area contributed by atoms with Crippen LogP contribution in [0.25, 0.3) is 0 Å². The normalized spacial score (nSPS) is 13.0. The summed E-state index contributed by atoms with van der Waals surface area (Å²) in [6.07, 6.45) is -1.49. The number of aromatic amines is 1. The summed E-state index contributed by atoms with van der Waals surface area (Å²) in [6, 6.07) is 4.24. The Kier molecular flexibility index (Phi) is 3.78. The molecule has 4 nitrogen and oxygen atoms in total. The lowest BCUT2D eigenvalue weighted by atomic mass is 10.1. The average molecular weight is 283 g/mol. The van der Waals surface area contributed by atoms with Gasteiger partial charge in [0.25, 0.3) is 5.91 Å². The molecule has 2 rings (SSSR count). The van der Waals surface area contributed by atoms with Gasteiger partial charge in [0.1, 0.15) is 0 Å². The molecule has 0 saturated heterocycles. The fraction of sp³-hybridized carbons (Fsp3) is 0.231. The van der Waals surface area contributed by atoms with E-state index in [0.29, 0.717) is 5.56 Å². The van der Waals surface area contributed by atoms with Crippen molar-refractivity contribution in [2.45, 2.75) is 19.1 Å². The predicted molar refractivity (Wildman–Crippen MR) is 65.9 cm³/mol. The van der Waals surface area contributed by atoms with Crippen LogP contribution in [0.1, 0.15) is 34.5 Å². The highest BCUT2D eigenvalue weighted by Gasteiger charge is 2.35. The number of alkyl halides is 3. The van der Waals surface area contributed by atoms with Crippen LogP contribution in [0, 0.1) is 0 Å². The second-order valence-electron chi connectivity index (χ2n) is 4.27. The molecule has 0 radical (unpaired) electrons. The molecular formula is C13H12F3N3O. The number of aromatic nitrogens is 2. The molecule has 1 heterocycles. The Morgan fingerprint density at radius 2 is 2.05 bits per heavy atom. The van der Waals surface area contributed by atoms with Crippen LogP contribution >= 0.6 is 0 Å². The molecule has 2 N–H and O–H groups in total. The fourth-order valence-electron chi connectivity index (χ4n) is 1.78. The van der Waals surface area contributed by atoms with E-state index in [0.717, 1.165) is 12.1 Å². The quantitative estimate of drug-likeness (QED) is 0.910. The molecule has 0 saturated carbocycles. The topological polar surface area (TPSA) is 57.8 Å². The van der Waals surface area contributed by atoms with Crippen molar-refractivity contribution in [2.75, 3.05) is 0 Å². The zero-order chi connectivity index (χ0) is 14.8. The van der Waals surface area contributed by atoms with Crippen LogP contribution in [0.2, 0.25) is 0 Å². The molecule has 0 aliphatic carbocycles. The van der Waals surface area contributed by atoms with Crippen molar-refractivity contribution in [3.05, 3.63) is 53.3 Å². The SMILES string of the molecule is CC(NC(=O)c1ccccc1C(F)(F)F)c1cn[nH]c1. The smallest absolute Gasteiger partial charge is 0.345 e. The molecule has 7 heteroatoms. The molecule has 0 aliphatic heterocycles. The zero-order valence-electron chi connectivity index (χ0n) is 10.5. The van der Waals surface area contributed by atoms with Crippen molar-refractivity contribution in [1.29, 1.82) is 0 Å². The van der Waals surface area contributed by atoms with Gasteiger partial charge in [-0.25, -0.2) is 0 Å². The van der Waals surface area contributed by atoms with E-state index in [1.165, 1.54) is 18.3 Å². The molecule has 20 heavy (non-hydrogen) atoms. The maximum Gasteiger partial charge on any atom is 0.417 e. The maximum atomic E-state index is 12.8. The van der Waals surface area contributed by atoms with E-state index in [-0.39, 0.29) is 0 Å². The number of benzene rings is 1. The van der Waals surface area contributed by atoms with E-state index in [9.17, 15) is 18.0 Å². The van der Waals surface area contributed by atoms with Gasteiger partial charge in [0.15, 0.2) is 0 Å². The Morgan fingerprint density at radius 3 is 2.65 bits per heavy atom. The molecule has 0 bridgehead atoms. The third kappa shape index (κ3) is 2.98. The monoisotopic (exact) mass is 283 g/mol. The molecule has 1 aromatic heterocycles.